The molecule has 2 rings (SSSR count). The summed E-state index contributed by atoms with van der Waals surface area (Å²) in [5.74, 6) is 0.974. The summed E-state index contributed by atoms with van der Waals surface area (Å²) in [5, 5.41) is 3.62. The second kappa shape index (κ2) is 6.02. The Morgan fingerprint density at radius 3 is 2.85 bits per heavy atom. The van der Waals surface area contributed by atoms with Gasteiger partial charge >= 0.3 is 0 Å². The topological polar surface area (TPSA) is 64.3 Å². The van der Waals surface area contributed by atoms with Gasteiger partial charge in [0, 0.05) is 17.1 Å². The second-order valence-electron chi connectivity index (χ2n) is 5.60. The van der Waals surface area contributed by atoms with Gasteiger partial charge in [0.2, 0.25) is 0 Å². The maximum atomic E-state index is 12.0. The van der Waals surface area contributed by atoms with Gasteiger partial charge in [-0.2, -0.15) is 0 Å². The molecule has 0 saturated heterocycles. The van der Waals surface area contributed by atoms with E-state index in [1.165, 1.54) is 0 Å². The highest BCUT2D eigenvalue weighted by Crippen LogP contribution is 2.38. The molecule has 1 unspecified atom stereocenters. The summed E-state index contributed by atoms with van der Waals surface area (Å²) >= 11 is 6.01. The number of ether oxygens (including phenoxy) is 1. The minimum Gasteiger partial charge on any atom is -0.483 e. The average molecular weight is 297 g/mol. The third-order valence-corrected chi connectivity index (χ3v) is 4.31. The fourth-order valence-corrected chi connectivity index (χ4v) is 2.45. The predicted octanol–water partition coefficient (Wildman–Crippen LogP) is 2.27. The molecule has 0 aromatic heterocycles. The molecule has 1 aromatic carbocycles. The molecule has 1 aliphatic carbocycles. The summed E-state index contributed by atoms with van der Waals surface area (Å²) in [6.45, 7) is 4.28. The van der Waals surface area contributed by atoms with Crippen LogP contribution in [0.2, 0.25) is 5.02 Å². The first kappa shape index (κ1) is 15.1. The van der Waals surface area contributed by atoms with Crippen LogP contribution in [0.4, 0.5) is 0 Å². The van der Waals surface area contributed by atoms with Gasteiger partial charge in [-0.1, -0.05) is 17.7 Å². The minimum atomic E-state index is -0.316. The zero-order valence-corrected chi connectivity index (χ0v) is 12.7. The molecule has 110 valence electrons. The van der Waals surface area contributed by atoms with Gasteiger partial charge in [0.05, 0.1) is 5.54 Å². The van der Waals surface area contributed by atoms with Gasteiger partial charge in [-0.05, 0) is 44.7 Å². The van der Waals surface area contributed by atoms with E-state index >= 15 is 0 Å². The summed E-state index contributed by atoms with van der Waals surface area (Å²) in [4.78, 5) is 12.0. The summed E-state index contributed by atoms with van der Waals surface area (Å²) in [7, 11) is 0. The number of nitrogens with two attached hydrogens (primary N) is 1. The first-order valence-electron chi connectivity index (χ1n) is 6.85. The van der Waals surface area contributed by atoms with Gasteiger partial charge in [-0.25, -0.2) is 0 Å². The molecule has 20 heavy (non-hydrogen) atoms. The number of hydrogen-bond donors (Lipinski definition) is 2. The van der Waals surface area contributed by atoms with Crippen molar-refractivity contribution >= 4 is 17.5 Å². The van der Waals surface area contributed by atoms with Crippen LogP contribution in [0.15, 0.2) is 18.2 Å². The zero-order valence-electron chi connectivity index (χ0n) is 11.9. The molecule has 0 aliphatic heterocycles. The van der Waals surface area contributed by atoms with Crippen LogP contribution in [0.1, 0.15) is 25.3 Å². The van der Waals surface area contributed by atoms with Gasteiger partial charge in [0.15, 0.2) is 6.61 Å². The van der Waals surface area contributed by atoms with Crippen molar-refractivity contribution in [1.82, 2.24) is 5.32 Å². The van der Waals surface area contributed by atoms with Gasteiger partial charge in [-0.3, -0.25) is 4.79 Å². The van der Waals surface area contributed by atoms with Crippen LogP contribution in [0.3, 0.4) is 0 Å². The Morgan fingerprint density at radius 1 is 1.55 bits per heavy atom. The van der Waals surface area contributed by atoms with Crippen molar-refractivity contribution in [2.24, 2.45) is 11.7 Å². The van der Waals surface area contributed by atoms with E-state index < -0.39 is 0 Å². The molecule has 0 bridgehead atoms. The van der Waals surface area contributed by atoms with Crippen LogP contribution in [0.5, 0.6) is 5.75 Å². The van der Waals surface area contributed by atoms with Crippen molar-refractivity contribution in [3.63, 3.8) is 0 Å². The van der Waals surface area contributed by atoms with E-state index in [4.69, 9.17) is 22.1 Å². The number of benzene rings is 1. The number of amides is 1. The van der Waals surface area contributed by atoms with Gasteiger partial charge in [0.1, 0.15) is 5.75 Å². The van der Waals surface area contributed by atoms with Gasteiger partial charge in [-0.15, -0.1) is 0 Å². The number of hydrogen-bond acceptors (Lipinski definition) is 3. The molecule has 1 atom stereocenters. The number of halogens is 1. The lowest BCUT2D eigenvalue weighted by molar-refractivity contribution is -0.125. The molecule has 3 N–H and O–H groups in total. The summed E-state index contributed by atoms with van der Waals surface area (Å²) in [5.41, 5.74) is 6.30. The molecule has 1 saturated carbocycles. The van der Waals surface area contributed by atoms with E-state index in [0.29, 0.717) is 23.2 Å². The van der Waals surface area contributed by atoms with E-state index in [1.54, 1.807) is 18.2 Å². The Bertz CT molecular complexity index is 503. The molecule has 5 heteroatoms. The minimum absolute atomic E-state index is 0.0243. The first-order valence-corrected chi connectivity index (χ1v) is 7.23. The second-order valence-corrected chi connectivity index (χ2v) is 6.00. The Hall–Kier alpha value is -1.26. The molecule has 1 aliphatic rings. The monoisotopic (exact) mass is 296 g/mol. The quantitative estimate of drug-likeness (QED) is 0.846. The van der Waals surface area contributed by atoms with Crippen LogP contribution in [-0.4, -0.2) is 24.6 Å². The van der Waals surface area contributed by atoms with E-state index in [9.17, 15) is 4.79 Å². The van der Waals surface area contributed by atoms with Crippen molar-refractivity contribution in [2.75, 3.05) is 13.2 Å². The molecule has 4 nitrogen and oxygen atoms in total. The largest absolute Gasteiger partial charge is 0.483 e. The fraction of sp³-hybridized carbons (Fsp3) is 0.533. The van der Waals surface area contributed by atoms with E-state index in [2.05, 4.69) is 5.32 Å². The maximum absolute atomic E-state index is 12.0. The molecule has 1 fully saturated rings. The fourth-order valence-electron chi connectivity index (χ4n) is 2.28. The smallest absolute Gasteiger partial charge is 0.258 e. The van der Waals surface area contributed by atoms with Gasteiger partial charge in [0.25, 0.3) is 5.91 Å². The van der Waals surface area contributed by atoms with Crippen LogP contribution in [0, 0.1) is 12.8 Å². The van der Waals surface area contributed by atoms with Crippen LogP contribution < -0.4 is 15.8 Å². The van der Waals surface area contributed by atoms with E-state index in [0.717, 1.165) is 18.4 Å². The zero-order chi connectivity index (χ0) is 14.8. The van der Waals surface area contributed by atoms with Crippen molar-refractivity contribution in [3.05, 3.63) is 28.8 Å². The first-order chi connectivity index (χ1) is 9.46. The third-order valence-electron chi connectivity index (χ3n) is 3.90. The highest BCUT2D eigenvalue weighted by molar-refractivity contribution is 6.31. The highest BCUT2D eigenvalue weighted by Gasteiger charge is 2.41. The Morgan fingerprint density at radius 2 is 2.25 bits per heavy atom. The third kappa shape index (κ3) is 3.44. The number of rotatable bonds is 6. The number of nitrogens with one attached hydrogen (secondary N) is 1. The summed E-state index contributed by atoms with van der Waals surface area (Å²) < 4.78 is 5.53. The Balaban J connectivity index is 1.90. The molecular weight excluding hydrogens is 276 g/mol. The highest BCUT2D eigenvalue weighted by atomic mass is 35.5. The van der Waals surface area contributed by atoms with Crippen molar-refractivity contribution in [1.29, 1.82) is 0 Å². The van der Waals surface area contributed by atoms with Crippen molar-refractivity contribution < 1.29 is 9.53 Å². The molecule has 0 heterocycles. The Labute approximate surface area is 124 Å². The molecule has 0 spiro atoms. The molecule has 1 aromatic rings. The standard InChI is InChI=1S/C15H21ClN2O2/c1-10-12(16)4-3-5-13(10)20-8-14(19)18-15(2,9-17)11-6-7-11/h3-5,11H,6-9,17H2,1-2H3,(H,18,19). The summed E-state index contributed by atoms with van der Waals surface area (Å²) in [6.07, 6.45) is 2.25. The number of carbonyl (C=O) groups excluding carboxylic acids is 1. The SMILES string of the molecule is Cc1c(Cl)cccc1OCC(=O)NC(C)(CN)C1CC1. The van der Waals surface area contributed by atoms with Gasteiger partial charge < -0.3 is 15.8 Å². The summed E-state index contributed by atoms with van der Waals surface area (Å²) in [6, 6.07) is 5.40. The lowest BCUT2D eigenvalue weighted by Gasteiger charge is -2.29. The molecule has 0 radical (unpaired) electrons. The Kier molecular flexibility index (Phi) is 4.55. The van der Waals surface area contributed by atoms with Crippen molar-refractivity contribution in [2.45, 2.75) is 32.2 Å². The van der Waals surface area contributed by atoms with E-state index in [1.807, 2.05) is 13.8 Å². The normalized spacial score (nSPS) is 17.4. The molecule has 1 amide bonds. The number of carbonyl (C=O) groups is 1. The van der Waals surface area contributed by atoms with Crippen molar-refractivity contribution in [3.8, 4) is 5.75 Å². The van der Waals surface area contributed by atoms with Crippen LogP contribution in [0.25, 0.3) is 0 Å². The predicted molar refractivity (Wildman–Crippen MR) is 80.0 cm³/mol. The maximum Gasteiger partial charge on any atom is 0.258 e. The van der Waals surface area contributed by atoms with E-state index in [-0.39, 0.29) is 18.1 Å². The van der Waals surface area contributed by atoms with Crippen LogP contribution >= 0.6 is 11.6 Å². The average Bonchev–Trinajstić information content (AvgIpc) is 3.25. The van der Waals surface area contributed by atoms with Crippen LogP contribution in [-0.2, 0) is 4.79 Å². The lowest BCUT2D eigenvalue weighted by Crippen LogP contribution is -2.54. The lowest BCUT2D eigenvalue weighted by atomic mass is 9.96. The molecular formula is C15H21ClN2O2.